The van der Waals surface area contributed by atoms with Crippen molar-refractivity contribution >= 4 is 45.7 Å². The number of hydrogen-bond acceptors (Lipinski definition) is 4. The number of para-hydroxylation sites is 1. The Kier molecular flexibility index (Phi) is 4.43. The highest BCUT2D eigenvalue weighted by molar-refractivity contribution is 6.39. The number of fused-ring (bicyclic) bond motifs is 1. The Morgan fingerprint density at radius 1 is 1.13 bits per heavy atom. The average Bonchev–Trinajstić information content (AvgIpc) is 2.57. The van der Waals surface area contributed by atoms with Gasteiger partial charge in [0.2, 0.25) is 0 Å². The SMILES string of the molecule is CON(C(=O)c1cccc2cccnc12)c1c(Cl)cncc1Cl. The number of amides is 1. The van der Waals surface area contributed by atoms with Gasteiger partial charge in [0.15, 0.2) is 0 Å². The van der Waals surface area contributed by atoms with Crippen LogP contribution in [0.2, 0.25) is 10.0 Å². The second kappa shape index (κ2) is 6.50. The number of nitrogens with zero attached hydrogens (tertiary/aromatic N) is 3. The van der Waals surface area contributed by atoms with Crippen LogP contribution >= 0.6 is 23.2 Å². The molecule has 5 nitrogen and oxygen atoms in total. The molecule has 2 aromatic heterocycles. The van der Waals surface area contributed by atoms with Crippen molar-refractivity contribution in [1.29, 1.82) is 0 Å². The van der Waals surface area contributed by atoms with Crippen LogP contribution in [0.25, 0.3) is 10.9 Å². The Bertz CT molecular complexity index is 861. The number of rotatable bonds is 3. The maximum absolute atomic E-state index is 12.9. The number of hydroxylamine groups is 1. The molecule has 7 heteroatoms. The molecule has 0 aliphatic heterocycles. The van der Waals surface area contributed by atoms with E-state index in [1.54, 1.807) is 24.4 Å². The molecule has 0 bridgehead atoms. The van der Waals surface area contributed by atoms with E-state index in [2.05, 4.69) is 9.97 Å². The van der Waals surface area contributed by atoms with Gasteiger partial charge in [-0.05, 0) is 12.1 Å². The standard InChI is InChI=1S/C16H11Cl2N3O2/c1-23-21(15-12(17)8-19-9-13(15)18)16(22)11-6-2-4-10-5-3-7-20-14(10)11/h2-9H,1H3. The quantitative estimate of drug-likeness (QED) is 0.668. The Hall–Kier alpha value is -2.21. The first kappa shape index (κ1) is 15.7. The lowest BCUT2D eigenvalue weighted by molar-refractivity contribution is 0.0775. The fourth-order valence-electron chi connectivity index (χ4n) is 2.26. The van der Waals surface area contributed by atoms with Crippen LogP contribution in [0.15, 0.2) is 48.9 Å². The van der Waals surface area contributed by atoms with Crippen molar-refractivity contribution in [3.05, 3.63) is 64.5 Å². The molecule has 116 valence electrons. The Balaban J connectivity index is 2.13. The van der Waals surface area contributed by atoms with Gasteiger partial charge < -0.3 is 0 Å². The lowest BCUT2D eigenvalue weighted by Gasteiger charge is -2.22. The minimum Gasteiger partial charge on any atom is -0.269 e. The molecule has 0 saturated carbocycles. The summed E-state index contributed by atoms with van der Waals surface area (Å²) >= 11 is 12.2. The molecule has 0 atom stereocenters. The van der Waals surface area contributed by atoms with Crippen LogP contribution < -0.4 is 5.06 Å². The van der Waals surface area contributed by atoms with E-state index < -0.39 is 5.91 Å². The van der Waals surface area contributed by atoms with Crippen molar-refractivity contribution in [2.75, 3.05) is 12.2 Å². The summed E-state index contributed by atoms with van der Waals surface area (Å²) < 4.78 is 0. The van der Waals surface area contributed by atoms with E-state index in [1.807, 2.05) is 12.1 Å². The fraction of sp³-hybridized carbons (Fsp3) is 0.0625. The molecule has 0 N–H and O–H groups in total. The van der Waals surface area contributed by atoms with E-state index in [0.29, 0.717) is 11.1 Å². The summed E-state index contributed by atoms with van der Waals surface area (Å²) in [6.45, 7) is 0. The molecule has 0 radical (unpaired) electrons. The monoisotopic (exact) mass is 347 g/mol. The lowest BCUT2D eigenvalue weighted by Crippen LogP contribution is -2.30. The second-order valence-electron chi connectivity index (χ2n) is 4.61. The summed E-state index contributed by atoms with van der Waals surface area (Å²) in [6, 6.07) is 9.01. The first-order valence-electron chi connectivity index (χ1n) is 6.65. The Morgan fingerprint density at radius 2 is 1.83 bits per heavy atom. The van der Waals surface area contributed by atoms with Gasteiger partial charge in [0, 0.05) is 24.0 Å². The van der Waals surface area contributed by atoms with Crippen molar-refractivity contribution in [3.8, 4) is 0 Å². The third-order valence-electron chi connectivity index (χ3n) is 3.26. The molecule has 0 fully saturated rings. The largest absolute Gasteiger partial charge is 0.284 e. The molecule has 0 unspecified atom stereocenters. The first-order valence-corrected chi connectivity index (χ1v) is 7.40. The van der Waals surface area contributed by atoms with Gasteiger partial charge in [0.1, 0.15) is 5.69 Å². The Labute approximate surface area is 142 Å². The molecule has 1 aromatic carbocycles. The highest BCUT2D eigenvalue weighted by Gasteiger charge is 2.24. The molecule has 0 spiro atoms. The van der Waals surface area contributed by atoms with Gasteiger partial charge in [-0.2, -0.15) is 5.06 Å². The smallest absolute Gasteiger partial charge is 0.269 e. The van der Waals surface area contributed by atoms with E-state index in [0.717, 1.165) is 10.4 Å². The van der Waals surface area contributed by atoms with E-state index in [4.69, 9.17) is 28.0 Å². The van der Waals surface area contributed by atoms with E-state index in [-0.39, 0.29) is 15.7 Å². The minimum absolute atomic E-state index is 0.209. The lowest BCUT2D eigenvalue weighted by atomic mass is 10.1. The van der Waals surface area contributed by atoms with Crippen LogP contribution in [0.1, 0.15) is 10.4 Å². The fourth-order valence-corrected chi connectivity index (χ4v) is 2.78. The van der Waals surface area contributed by atoms with Crippen LogP contribution in [0, 0.1) is 0 Å². The average molecular weight is 348 g/mol. The van der Waals surface area contributed by atoms with Gasteiger partial charge >= 0.3 is 0 Å². The van der Waals surface area contributed by atoms with Crippen LogP contribution in [-0.2, 0) is 4.84 Å². The summed E-state index contributed by atoms with van der Waals surface area (Å²) in [7, 11) is 1.36. The molecule has 3 rings (SSSR count). The summed E-state index contributed by atoms with van der Waals surface area (Å²) in [6.07, 6.45) is 4.41. The summed E-state index contributed by atoms with van der Waals surface area (Å²) in [5.41, 5.74) is 1.20. The predicted octanol–water partition coefficient (Wildman–Crippen LogP) is 4.14. The van der Waals surface area contributed by atoms with Crippen LogP contribution in [0.4, 0.5) is 5.69 Å². The van der Waals surface area contributed by atoms with Crippen molar-refractivity contribution in [2.24, 2.45) is 0 Å². The van der Waals surface area contributed by atoms with Crippen molar-refractivity contribution in [2.45, 2.75) is 0 Å². The number of anilines is 1. The van der Waals surface area contributed by atoms with Gasteiger partial charge in [-0.15, -0.1) is 0 Å². The predicted molar refractivity (Wildman–Crippen MR) is 89.8 cm³/mol. The summed E-state index contributed by atoms with van der Waals surface area (Å²) in [5.74, 6) is -0.424. The topological polar surface area (TPSA) is 55.3 Å². The zero-order valence-corrected chi connectivity index (χ0v) is 13.5. The van der Waals surface area contributed by atoms with Crippen molar-refractivity contribution in [3.63, 3.8) is 0 Å². The number of carbonyl (C=O) groups excluding carboxylic acids is 1. The highest BCUT2D eigenvalue weighted by atomic mass is 35.5. The molecule has 0 aliphatic rings. The van der Waals surface area contributed by atoms with E-state index in [1.165, 1.54) is 19.5 Å². The molecule has 23 heavy (non-hydrogen) atoms. The zero-order valence-electron chi connectivity index (χ0n) is 12.0. The number of hydrogen-bond donors (Lipinski definition) is 0. The van der Waals surface area contributed by atoms with Gasteiger partial charge in [-0.3, -0.25) is 19.6 Å². The van der Waals surface area contributed by atoms with Crippen LogP contribution in [-0.4, -0.2) is 23.0 Å². The number of benzene rings is 1. The molecule has 3 aromatic rings. The third-order valence-corrected chi connectivity index (χ3v) is 3.81. The highest BCUT2D eigenvalue weighted by Crippen LogP contribution is 2.34. The van der Waals surface area contributed by atoms with Gasteiger partial charge in [-0.25, -0.2) is 0 Å². The van der Waals surface area contributed by atoms with Crippen LogP contribution in [0.5, 0.6) is 0 Å². The van der Waals surface area contributed by atoms with Crippen molar-refractivity contribution in [1.82, 2.24) is 9.97 Å². The number of carbonyl (C=O) groups is 1. The normalized spacial score (nSPS) is 10.7. The molecule has 2 heterocycles. The van der Waals surface area contributed by atoms with Crippen LogP contribution in [0.3, 0.4) is 0 Å². The number of pyridine rings is 2. The summed E-state index contributed by atoms with van der Waals surface area (Å²) in [5, 5.41) is 2.30. The van der Waals surface area contributed by atoms with E-state index in [9.17, 15) is 4.79 Å². The second-order valence-corrected chi connectivity index (χ2v) is 5.43. The van der Waals surface area contributed by atoms with Gasteiger partial charge in [0.25, 0.3) is 5.91 Å². The van der Waals surface area contributed by atoms with E-state index >= 15 is 0 Å². The third kappa shape index (κ3) is 2.86. The van der Waals surface area contributed by atoms with Crippen molar-refractivity contribution < 1.29 is 9.63 Å². The molecule has 1 amide bonds. The molecule has 0 saturated heterocycles. The molecule has 0 aliphatic carbocycles. The number of aromatic nitrogens is 2. The molecular weight excluding hydrogens is 337 g/mol. The summed E-state index contributed by atoms with van der Waals surface area (Å²) in [4.78, 5) is 26.3. The first-order chi connectivity index (χ1) is 11.1. The Morgan fingerprint density at radius 3 is 2.52 bits per heavy atom. The maximum Gasteiger partial charge on any atom is 0.284 e. The van der Waals surface area contributed by atoms with Gasteiger partial charge in [0.05, 0.1) is 28.2 Å². The maximum atomic E-state index is 12.9. The minimum atomic E-state index is -0.424. The number of halogens is 2. The van der Waals surface area contributed by atoms with Gasteiger partial charge in [-0.1, -0.05) is 41.4 Å². The zero-order chi connectivity index (χ0) is 16.4. The molecular formula is C16H11Cl2N3O2.